The lowest BCUT2D eigenvalue weighted by atomic mass is 9.82. The summed E-state index contributed by atoms with van der Waals surface area (Å²) < 4.78 is 4.82. The van der Waals surface area contributed by atoms with Crippen LogP contribution < -0.4 is 9.80 Å². The number of hydrogen-bond donors (Lipinski definition) is 0. The van der Waals surface area contributed by atoms with Crippen LogP contribution in [0.2, 0.25) is 0 Å². The lowest BCUT2D eigenvalue weighted by molar-refractivity contribution is 0.660. The molecule has 554 valence electrons. The Bertz CT molecular complexity index is 7170. The van der Waals surface area contributed by atoms with Gasteiger partial charge < -0.3 is 18.9 Å². The minimum Gasteiger partial charge on any atom is -0.310 e. The van der Waals surface area contributed by atoms with E-state index in [-0.39, 0.29) is 21.7 Å². The molecule has 4 aliphatic rings. The van der Waals surface area contributed by atoms with Crippen molar-refractivity contribution in [3.8, 4) is 78.1 Å². The molecule has 0 fully saturated rings. The molecular weight excluding hydrogens is 1400 g/mol. The SMILES string of the molecule is CC1(C)c2ccccc2-c2cc(N(c3ccc(-c4ccc(-n5c6ccccc6c6ccccc65)cc4)cc3)c3cccc4c3-c3ccccc3C4(C)C)ccc21.CC1(C)c2ccccc2-c2cc(N(c3cccc(-c4ccc(-n5c6ccccc6c6ccccc65)c5ccccc45)c3)c3cccc4c3-c3ccccc3C4(C)C)ccc21. The molecule has 4 heteroatoms. The molecule has 0 amide bonds. The van der Waals surface area contributed by atoms with Crippen molar-refractivity contribution in [1.82, 2.24) is 9.13 Å². The van der Waals surface area contributed by atoms with Crippen molar-refractivity contribution in [1.29, 1.82) is 0 Å². The maximum atomic E-state index is 2.52. The maximum absolute atomic E-state index is 2.52. The molecule has 4 nitrogen and oxygen atoms in total. The van der Waals surface area contributed by atoms with Gasteiger partial charge in [-0.05, 0) is 209 Å². The minimum atomic E-state index is -0.118. The van der Waals surface area contributed by atoms with Crippen LogP contribution in [0.25, 0.3) is 133 Å². The Morgan fingerprint density at radius 2 is 0.534 bits per heavy atom. The van der Waals surface area contributed by atoms with Crippen LogP contribution in [0.5, 0.6) is 0 Å². The van der Waals surface area contributed by atoms with E-state index in [1.807, 2.05) is 0 Å². The van der Waals surface area contributed by atoms with Crippen LogP contribution in [0.3, 0.4) is 0 Å². The van der Waals surface area contributed by atoms with E-state index in [1.54, 1.807) is 0 Å². The molecule has 0 saturated heterocycles. The monoisotopic (exact) mass is 1490 g/mol. The van der Waals surface area contributed by atoms with Gasteiger partial charge in [-0.15, -0.1) is 0 Å². The lowest BCUT2D eigenvalue weighted by Crippen LogP contribution is -2.16. The van der Waals surface area contributed by atoms with Gasteiger partial charge in [0.15, 0.2) is 0 Å². The van der Waals surface area contributed by atoms with Crippen molar-refractivity contribution in [2.75, 3.05) is 9.80 Å². The van der Waals surface area contributed by atoms with E-state index in [4.69, 9.17) is 0 Å². The summed E-state index contributed by atoms with van der Waals surface area (Å²) in [7, 11) is 0. The van der Waals surface area contributed by atoms with E-state index in [2.05, 4.69) is 450 Å². The number of anilines is 6. The summed E-state index contributed by atoms with van der Waals surface area (Å²) in [6.45, 7) is 18.9. The number of rotatable bonds is 10. The van der Waals surface area contributed by atoms with Crippen LogP contribution >= 0.6 is 0 Å². The summed E-state index contributed by atoms with van der Waals surface area (Å²) in [6.07, 6.45) is 0. The highest BCUT2D eigenvalue weighted by atomic mass is 15.2. The molecule has 4 aliphatic carbocycles. The molecule has 0 aliphatic heterocycles. The van der Waals surface area contributed by atoms with E-state index in [1.165, 1.54) is 183 Å². The van der Waals surface area contributed by atoms with Crippen molar-refractivity contribution < 1.29 is 0 Å². The highest BCUT2D eigenvalue weighted by molar-refractivity contribution is 6.13. The van der Waals surface area contributed by atoms with Gasteiger partial charge in [-0.25, -0.2) is 0 Å². The molecule has 0 spiro atoms. The zero-order valence-electron chi connectivity index (χ0n) is 66.6. The number of benzene rings is 17. The molecule has 0 unspecified atom stereocenters. The lowest BCUT2D eigenvalue weighted by Gasteiger charge is -2.30. The molecular formula is C112H86N4. The Balaban J connectivity index is 0.000000141. The third-order valence-corrected chi connectivity index (χ3v) is 26.6. The van der Waals surface area contributed by atoms with Gasteiger partial charge >= 0.3 is 0 Å². The highest BCUT2D eigenvalue weighted by Crippen LogP contribution is 2.59. The molecule has 0 radical (unpaired) electrons. The molecule has 23 rings (SSSR count). The van der Waals surface area contributed by atoms with Crippen LogP contribution in [0.1, 0.15) is 99.9 Å². The summed E-state index contributed by atoms with van der Waals surface area (Å²) in [5.41, 5.74) is 40.2. The summed E-state index contributed by atoms with van der Waals surface area (Å²) in [5, 5.41) is 7.55. The van der Waals surface area contributed by atoms with E-state index in [0.29, 0.717) is 0 Å². The van der Waals surface area contributed by atoms with Crippen LogP contribution in [0.4, 0.5) is 34.1 Å². The van der Waals surface area contributed by atoms with E-state index in [0.717, 1.165) is 28.4 Å². The van der Waals surface area contributed by atoms with Gasteiger partial charge in [0.05, 0.1) is 39.1 Å². The zero-order valence-corrected chi connectivity index (χ0v) is 66.6. The van der Waals surface area contributed by atoms with E-state index in [9.17, 15) is 0 Å². The van der Waals surface area contributed by atoms with Gasteiger partial charge in [0.1, 0.15) is 0 Å². The predicted molar refractivity (Wildman–Crippen MR) is 490 cm³/mol. The van der Waals surface area contributed by atoms with Crippen molar-refractivity contribution in [2.45, 2.75) is 77.0 Å². The quantitative estimate of drug-likeness (QED) is 0.136. The Labute approximate surface area is 678 Å². The molecule has 2 heterocycles. The van der Waals surface area contributed by atoms with Gasteiger partial charge in [-0.3, -0.25) is 0 Å². The third-order valence-electron chi connectivity index (χ3n) is 26.6. The number of hydrogen-bond acceptors (Lipinski definition) is 2. The van der Waals surface area contributed by atoms with E-state index < -0.39 is 0 Å². The number of fused-ring (bicyclic) bond motifs is 19. The number of nitrogens with zero attached hydrogens (tertiary/aromatic N) is 4. The molecule has 2 aromatic heterocycles. The average Bonchev–Trinajstić information content (AvgIpc) is 1.58. The normalized spacial score (nSPS) is 14.3. The first-order valence-corrected chi connectivity index (χ1v) is 41.0. The maximum Gasteiger partial charge on any atom is 0.0543 e. The first-order valence-electron chi connectivity index (χ1n) is 41.0. The summed E-state index contributed by atoms with van der Waals surface area (Å²) in [6, 6.07) is 140. The molecule has 0 saturated carbocycles. The summed E-state index contributed by atoms with van der Waals surface area (Å²) >= 11 is 0. The first kappa shape index (κ1) is 69.0. The van der Waals surface area contributed by atoms with Gasteiger partial charge in [-0.1, -0.05) is 328 Å². The Morgan fingerprint density at radius 1 is 0.198 bits per heavy atom. The molecule has 116 heavy (non-hydrogen) atoms. The second-order valence-electron chi connectivity index (χ2n) is 34.3. The minimum absolute atomic E-state index is 0.0506. The van der Waals surface area contributed by atoms with Gasteiger partial charge in [-0.2, -0.15) is 0 Å². The molecule has 17 aromatic carbocycles. The Morgan fingerprint density at radius 3 is 1.01 bits per heavy atom. The summed E-state index contributed by atoms with van der Waals surface area (Å²) in [5.74, 6) is 0. The largest absolute Gasteiger partial charge is 0.310 e. The van der Waals surface area contributed by atoms with Gasteiger partial charge in [0.2, 0.25) is 0 Å². The van der Waals surface area contributed by atoms with Gasteiger partial charge in [0.25, 0.3) is 0 Å². The second kappa shape index (κ2) is 25.9. The predicted octanol–water partition coefficient (Wildman–Crippen LogP) is 30.2. The smallest absolute Gasteiger partial charge is 0.0543 e. The third kappa shape index (κ3) is 10.2. The fourth-order valence-corrected chi connectivity index (χ4v) is 20.9. The molecule has 0 bridgehead atoms. The van der Waals surface area contributed by atoms with Crippen molar-refractivity contribution in [3.05, 3.63) is 421 Å². The molecule has 0 atom stereocenters. The topological polar surface area (TPSA) is 16.3 Å². The standard InChI is InChI=1S/C58H44N2.C54H42N2/c1-57(2)48-25-11-7-20-42(48)47-36-39(31-33-50(47)57)59(55-30-16-27-51-56(55)46-24-8-12-26-49(46)58(51,3)4)38-18-15-17-37(35-38)40-32-34-54(43-21-6-5-19-41(40)43)60-52-28-13-9-22-44(52)45-23-10-14-29-53(45)60;1-53(2)45-18-9-5-14-40(45)44-34-39(32-33-47(44)53)55(51-23-13-20-48-52(51)43-17-6-10-19-46(43)54(48,3)4)37-28-24-35(25-29-37)36-26-30-38(31-27-36)56-49-21-11-7-15-41(49)42-16-8-12-22-50(42)56/h5-36H,1-4H3;5-34H,1-4H3. The Kier molecular flexibility index (Phi) is 15.4. The van der Waals surface area contributed by atoms with E-state index >= 15 is 0 Å². The number of para-hydroxylation sites is 4. The average molecular weight is 1490 g/mol. The molecule has 19 aromatic rings. The van der Waals surface area contributed by atoms with Crippen LogP contribution in [-0.4, -0.2) is 9.13 Å². The van der Waals surface area contributed by atoms with Crippen LogP contribution in [-0.2, 0) is 21.7 Å². The number of aromatic nitrogens is 2. The first-order chi connectivity index (χ1) is 56.6. The zero-order chi connectivity index (χ0) is 78.1. The van der Waals surface area contributed by atoms with Gasteiger partial charge in [0, 0.05) is 88.2 Å². The van der Waals surface area contributed by atoms with Crippen molar-refractivity contribution in [2.24, 2.45) is 0 Å². The van der Waals surface area contributed by atoms with Crippen LogP contribution in [0, 0.1) is 0 Å². The van der Waals surface area contributed by atoms with Crippen LogP contribution in [0.15, 0.2) is 376 Å². The molecule has 0 N–H and O–H groups in total. The fraction of sp³-hybridized carbons (Fsp3) is 0.107. The summed E-state index contributed by atoms with van der Waals surface area (Å²) in [4.78, 5) is 5.00. The van der Waals surface area contributed by atoms with Crippen molar-refractivity contribution >= 4 is 88.5 Å². The fourth-order valence-electron chi connectivity index (χ4n) is 20.9. The van der Waals surface area contributed by atoms with Crippen molar-refractivity contribution in [3.63, 3.8) is 0 Å². The second-order valence-corrected chi connectivity index (χ2v) is 34.3. The highest BCUT2D eigenvalue weighted by Gasteiger charge is 2.42. The Hall–Kier alpha value is -13.8.